The van der Waals surface area contributed by atoms with Crippen LogP contribution >= 0.6 is 0 Å². The van der Waals surface area contributed by atoms with E-state index < -0.39 is 0 Å². The van der Waals surface area contributed by atoms with Crippen molar-refractivity contribution in [1.29, 1.82) is 0 Å². The maximum atomic E-state index is 8.85. The van der Waals surface area contributed by atoms with Gasteiger partial charge in [-0.05, 0) is 19.1 Å². The molecule has 8 heteroatoms. The summed E-state index contributed by atoms with van der Waals surface area (Å²) in [5, 5.41) is 28.5. The van der Waals surface area contributed by atoms with Crippen molar-refractivity contribution >= 4 is 5.65 Å². The second kappa shape index (κ2) is 5.98. The molecule has 3 heterocycles. The number of rotatable bonds is 6. The third-order valence-electron chi connectivity index (χ3n) is 3.23. The van der Waals surface area contributed by atoms with Crippen molar-refractivity contribution in [3.8, 4) is 0 Å². The van der Waals surface area contributed by atoms with Gasteiger partial charge in [-0.15, -0.1) is 15.3 Å². The summed E-state index contributed by atoms with van der Waals surface area (Å²) in [6.07, 6.45) is 3.76. The van der Waals surface area contributed by atoms with Gasteiger partial charge in [0.2, 0.25) is 0 Å². The average Bonchev–Trinajstić information content (AvgIpc) is 3.12. The number of aliphatic hydroxyl groups is 1. The Morgan fingerprint density at radius 2 is 2.19 bits per heavy atom. The van der Waals surface area contributed by atoms with Crippen LogP contribution in [0.4, 0.5) is 0 Å². The van der Waals surface area contributed by atoms with E-state index in [1.165, 1.54) is 0 Å². The highest BCUT2D eigenvalue weighted by Crippen LogP contribution is 2.12. The SMILES string of the molecule is CC(NCc1cn(CCO)nn1)c1nnc2ccccn12. The van der Waals surface area contributed by atoms with Crippen LogP contribution in [0.1, 0.15) is 24.5 Å². The third kappa shape index (κ3) is 2.91. The second-order valence-electron chi connectivity index (χ2n) is 4.79. The number of aliphatic hydroxyl groups excluding tert-OH is 1. The monoisotopic (exact) mass is 287 g/mol. The van der Waals surface area contributed by atoms with E-state index in [4.69, 9.17) is 5.11 Å². The quantitative estimate of drug-likeness (QED) is 0.671. The minimum atomic E-state index is 0.0328. The molecule has 0 aliphatic heterocycles. The van der Waals surface area contributed by atoms with Gasteiger partial charge in [0.05, 0.1) is 24.9 Å². The Kier molecular flexibility index (Phi) is 3.89. The van der Waals surface area contributed by atoms with Gasteiger partial charge < -0.3 is 10.4 Å². The predicted molar refractivity (Wildman–Crippen MR) is 75.3 cm³/mol. The van der Waals surface area contributed by atoms with E-state index in [9.17, 15) is 0 Å². The first-order valence-corrected chi connectivity index (χ1v) is 6.81. The molecule has 110 valence electrons. The first-order valence-electron chi connectivity index (χ1n) is 6.81. The molecule has 2 N–H and O–H groups in total. The molecular formula is C13H17N7O. The second-order valence-corrected chi connectivity index (χ2v) is 4.79. The third-order valence-corrected chi connectivity index (χ3v) is 3.23. The lowest BCUT2D eigenvalue weighted by molar-refractivity contribution is 0.268. The summed E-state index contributed by atoms with van der Waals surface area (Å²) in [7, 11) is 0. The minimum Gasteiger partial charge on any atom is -0.394 e. The van der Waals surface area contributed by atoms with Crippen LogP contribution in [-0.4, -0.2) is 41.3 Å². The normalized spacial score (nSPS) is 12.9. The first kappa shape index (κ1) is 13.7. The molecule has 0 aliphatic rings. The molecule has 0 saturated carbocycles. The van der Waals surface area contributed by atoms with Gasteiger partial charge in [-0.1, -0.05) is 11.3 Å². The molecule has 0 aromatic carbocycles. The van der Waals surface area contributed by atoms with Crippen LogP contribution in [0.3, 0.4) is 0 Å². The van der Waals surface area contributed by atoms with Crippen molar-refractivity contribution < 1.29 is 5.11 Å². The summed E-state index contributed by atoms with van der Waals surface area (Å²) in [5.41, 5.74) is 1.65. The number of hydrogen-bond acceptors (Lipinski definition) is 6. The minimum absolute atomic E-state index is 0.0328. The van der Waals surface area contributed by atoms with Gasteiger partial charge in [0.1, 0.15) is 0 Å². The lowest BCUT2D eigenvalue weighted by Crippen LogP contribution is -2.20. The van der Waals surface area contributed by atoms with Crippen molar-refractivity contribution in [2.45, 2.75) is 26.1 Å². The Labute approximate surface area is 121 Å². The fraction of sp³-hybridized carbons (Fsp3) is 0.385. The van der Waals surface area contributed by atoms with E-state index in [1.807, 2.05) is 41.9 Å². The molecule has 0 saturated heterocycles. The summed E-state index contributed by atoms with van der Waals surface area (Å²) in [6, 6.07) is 5.84. The Morgan fingerprint density at radius 3 is 3.05 bits per heavy atom. The zero-order chi connectivity index (χ0) is 14.7. The van der Waals surface area contributed by atoms with Gasteiger partial charge in [0.25, 0.3) is 0 Å². The summed E-state index contributed by atoms with van der Waals surface area (Å²) in [5.74, 6) is 0.855. The van der Waals surface area contributed by atoms with Crippen LogP contribution in [0.5, 0.6) is 0 Å². The maximum Gasteiger partial charge on any atom is 0.160 e. The van der Waals surface area contributed by atoms with Crippen molar-refractivity contribution in [2.24, 2.45) is 0 Å². The molecule has 21 heavy (non-hydrogen) atoms. The molecule has 0 bridgehead atoms. The molecule has 0 aliphatic carbocycles. The number of hydrogen-bond donors (Lipinski definition) is 2. The lowest BCUT2D eigenvalue weighted by atomic mass is 10.3. The molecule has 0 amide bonds. The summed E-state index contributed by atoms with van der Waals surface area (Å²) >= 11 is 0. The van der Waals surface area contributed by atoms with Gasteiger partial charge >= 0.3 is 0 Å². The fourth-order valence-corrected chi connectivity index (χ4v) is 2.14. The van der Waals surface area contributed by atoms with Crippen LogP contribution in [-0.2, 0) is 13.1 Å². The topological polar surface area (TPSA) is 93.2 Å². The summed E-state index contributed by atoms with van der Waals surface area (Å²) in [4.78, 5) is 0. The standard InChI is InChI=1S/C13H17N7O/c1-10(13-17-16-12-4-2-3-5-20(12)13)14-8-11-9-19(6-7-21)18-15-11/h2-5,9-10,14,21H,6-8H2,1H3. The van der Waals surface area contributed by atoms with Crippen molar-refractivity contribution in [2.75, 3.05) is 6.61 Å². The predicted octanol–water partition coefficient (Wildman–Crippen LogP) is 0.164. The smallest absolute Gasteiger partial charge is 0.160 e. The molecule has 1 atom stereocenters. The molecule has 0 radical (unpaired) electrons. The van der Waals surface area contributed by atoms with Crippen molar-refractivity contribution in [1.82, 2.24) is 34.9 Å². The van der Waals surface area contributed by atoms with E-state index in [2.05, 4.69) is 25.8 Å². The van der Waals surface area contributed by atoms with E-state index in [0.717, 1.165) is 17.2 Å². The van der Waals surface area contributed by atoms with Crippen LogP contribution in [0.25, 0.3) is 5.65 Å². The molecule has 3 rings (SSSR count). The van der Waals surface area contributed by atoms with Gasteiger partial charge in [-0.3, -0.25) is 4.40 Å². The number of nitrogens with zero attached hydrogens (tertiary/aromatic N) is 6. The summed E-state index contributed by atoms with van der Waals surface area (Å²) in [6.45, 7) is 3.12. The molecular weight excluding hydrogens is 270 g/mol. The highest BCUT2D eigenvalue weighted by molar-refractivity contribution is 5.37. The van der Waals surface area contributed by atoms with Crippen LogP contribution in [0, 0.1) is 0 Å². The highest BCUT2D eigenvalue weighted by Gasteiger charge is 2.13. The number of nitrogens with one attached hydrogen (secondary N) is 1. The molecule has 0 fully saturated rings. The fourth-order valence-electron chi connectivity index (χ4n) is 2.14. The number of fused-ring (bicyclic) bond motifs is 1. The zero-order valence-electron chi connectivity index (χ0n) is 11.7. The highest BCUT2D eigenvalue weighted by atomic mass is 16.3. The number of pyridine rings is 1. The van der Waals surface area contributed by atoms with E-state index in [-0.39, 0.29) is 12.6 Å². The molecule has 3 aromatic heterocycles. The Bertz CT molecular complexity index is 720. The van der Waals surface area contributed by atoms with Crippen LogP contribution < -0.4 is 5.32 Å². The Hall–Kier alpha value is -2.32. The van der Waals surface area contributed by atoms with Crippen LogP contribution in [0.2, 0.25) is 0 Å². The van der Waals surface area contributed by atoms with E-state index in [1.54, 1.807) is 4.68 Å². The first-order chi connectivity index (χ1) is 10.3. The van der Waals surface area contributed by atoms with Crippen molar-refractivity contribution in [3.05, 3.63) is 42.1 Å². The molecule has 8 nitrogen and oxygen atoms in total. The van der Waals surface area contributed by atoms with E-state index >= 15 is 0 Å². The lowest BCUT2D eigenvalue weighted by Gasteiger charge is -2.10. The molecule has 3 aromatic rings. The maximum absolute atomic E-state index is 8.85. The Morgan fingerprint density at radius 1 is 1.29 bits per heavy atom. The largest absolute Gasteiger partial charge is 0.394 e. The summed E-state index contributed by atoms with van der Waals surface area (Å²) < 4.78 is 3.58. The van der Waals surface area contributed by atoms with Gasteiger partial charge in [0, 0.05) is 18.9 Å². The molecule has 0 spiro atoms. The van der Waals surface area contributed by atoms with E-state index in [0.29, 0.717) is 13.1 Å². The Balaban J connectivity index is 1.67. The number of aromatic nitrogens is 6. The zero-order valence-corrected chi connectivity index (χ0v) is 11.7. The van der Waals surface area contributed by atoms with Crippen LogP contribution in [0.15, 0.2) is 30.6 Å². The average molecular weight is 287 g/mol. The van der Waals surface area contributed by atoms with Gasteiger partial charge in [-0.2, -0.15) is 0 Å². The van der Waals surface area contributed by atoms with Crippen molar-refractivity contribution in [3.63, 3.8) is 0 Å². The van der Waals surface area contributed by atoms with Gasteiger partial charge in [-0.25, -0.2) is 4.68 Å². The molecule has 1 unspecified atom stereocenters. The van der Waals surface area contributed by atoms with Gasteiger partial charge in [0.15, 0.2) is 11.5 Å².